The van der Waals surface area contributed by atoms with Crippen molar-refractivity contribution in [2.45, 2.75) is 18.4 Å². The molecule has 1 aliphatic rings. The molecule has 2 aromatic rings. The van der Waals surface area contributed by atoms with Crippen molar-refractivity contribution >= 4 is 29.1 Å². The molecule has 0 spiro atoms. The van der Waals surface area contributed by atoms with Gasteiger partial charge in [0.1, 0.15) is 10.8 Å². The molecular weight excluding hydrogens is 295 g/mol. The minimum absolute atomic E-state index is 0.141. The molecule has 1 saturated carbocycles. The van der Waals surface area contributed by atoms with Crippen molar-refractivity contribution in [1.29, 1.82) is 0 Å². The van der Waals surface area contributed by atoms with Gasteiger partial charge in [-0.3, -0.25) is 4.79 Å². The summed E-state index contributed by atoms with van der Waals surface area (Å²) in [7, 11) is 0. The van der Waals surface area contributed by atoms with E-state index in [4.69, 9.17) is 23.2 Å². The summed E-state index contributed by atoms with van der Waals surface area (Å²) < 4.78 is 0. The lowest BCUT2D eigenvalue weighted by Crippen LogP contribution is -2.27. The highest BCUT2D eigenvalue weighted by molar-refractivity contribution is 6.34. The largest absolute Gasteiger partial charge is 0.347 e. The Hall–Kier alpha value is -1.58. The first-order chi connectivity index (χ1) is 9.65. The van der Waals surface area contributed by atoms with Gasteiger partial charge in [-0.1, -0.05) is 53.5 Å². The normalized spacial score (nSPS) is 20.5. The molecule has 3 rings (SSSR count). The van der Waals surface area contributed by atoms with Crippen molar-refractivity contribution in [3.05, 3.63) is 63.9 Å². The molecule has 2 atom stereocenters. The summed E-state index contributed by atoms with van der Waals surface area (Å²) in [5, 5.41) is 3.51. The first-order valence-corrected chi connectivity index (χ1v) is 7.08. The number of nitrogens with zero attached hydrogens (tertiary/aromatic N) is 1. The van der Waals surface area contributed by atoms with Crippen molar-refractivity contribution in [1.82, 2.24) is 10.3 Å². The predicted octanol–water partition coefficient (Wildman–Crippen LogP) is 3.67. The Bertz CT molecular complexity index is 646. The van der Waals surface area contributed by atoms with Crippen molar-refractivity contribution < 1.29 is 4.79 Å². The van der Waals surface area contributed by atoms with Crippen LogP contribution in [0.2, 0.25) is 10.2 Å². The molecule has 1 aromatic heterocycles. The van der Waals surface area contributed by atoms with E-state index in [1.165, 1.54) is 5.56 Å². The van der Waals surface area contributed by atoms with E-state index in [1.807, 2.05) is 18.2 Å². The summed E-state index contributed by atoms with van der Waals surface area (Å²) in [6.07, 6.45) is 0.938. The van der Waals surface area contributed by atoms with Crippen molar-refractivity contribution in [2.75, 3.05) is 0 Å². The maximum atomic E-state index is 12.1. The molecule has 3 nitrogen and oxygen atoms in total. The zero-order valence-corrected chi connectivity index (χ0v) is 12.0. The summed E-state index contributed by atoms with van der Waals surface area (Å²) in [5.41, 5.74) is 1.42. The molecule has 20 heavy (non-hydrogen) atoms. The number of aromatic nitrogens is 1. The number of rotatable bonds is 3. The van der Waals surface area contributed by atoms with Gasteiger partial charge in [-0.15, -0.1) is 0 Å². The minimum Gasteiger partial charge on any atom is -0.347 e. The van der Waals surface area contributed by atoms with Crippen LogP contribution >= 0.6 is 23.2 Å². The van der Waals surface area contributed by atoms with E-state index >= 15 is 0 Å². The molecule has 0 aliphatic heterocycles. The lowest BCUT2D eigenvalue weighted by atomic mass is 10.1. The maximum absolute atomic E-state index is 12.1. The zero-order chi connectivity index (χ0) is 14.1. The van der Waals surface area contributed by atoms with Crippen LogP contribution in [-0.4, -0.2) is 16.9 Å². The van der Waals surface area contributed by atoms with E-state index in [0.29, 0.717) is 10.9 Å². The van der Waals surface area contributed by atoms with Crippen LogP contribution in [-0.2, 0) is 0 Å². The molecule has 1 aromatic carbocycles. The second kappa shape index (κ2) is 5.43. The number of hydrogen-bond donors (Lipinski definition) is 1. The summed E-state index contributed by atoms with van der Waals surface area (Å²) in [4.78, 5) is 16.1. The molecule has 0 saturated heterocycles. The maximum Gasteiger partial charge on any atom is 0.271 e. The molecule has 0 radical (unpaired) electrons. The Morgan fingerprint density at radius 3 is 2.65 bits per heavy atom. The molecule has 1 amide bonds. The van der Waals surface area contributed by atoms with Crippen molar-refractivity contribution in [3.63, 3.8) is 0 Å². The van der Waals surface area contributed by atoms with Crippen molar-refractivity contribution in [2.24, 2.45) is 0 Å². The van der Waals surface area contributed by atoms with Gasteiger partial charge in [-0.2, -0.15) is 0 Å². The van der Waals surface area contributed by atoms with Crippen LogP contribution in [0.25, 0.3) is 0 Å². The SMILES string of the molecule is O=C(NC1CC1c1ccccc1)c1nc(Cl)ccc1Cl. The van der Waals surface area contributed by atoms with Crippen LogP contribution in [0.3, 0.4) is 0 Å². The first kappa shape index (κ1) is 13.4. The number of benzene rings is 1. The van der Waals surface area contributed by atoms with Gasteiger partial charge in [-0.05, 0) is 24.1 Å². The van der Waals surface area contributed by atoms with Crippen LogP contribution in [0, 0.1) is 0 Å². The predicted molar refractivity (Wildman–Crippen MR) is 79.3 cm³/mol. The fraction of sp³-hybridized carbons (Fsp3) is 0.200. The van der Waals surface area contributed by atoms with E-state index in [0.717, 1.165) is 6.42 Å². The second-order valence-electron chi connectivity index (χ2n) is 4.80. The zero-order valence-electron chi connectivity index (χ0n) is 10.5. The molecule has 1 fully saturated rings. The van der Waals surface area contributed by atoms with Gasteiger partial charge < -0.3 is 5.32 Å². The Labute approximate surface area is 126 Å². The van der Waals surface area contributed by atoms with Crippen molar-refractivity contribution in [3.8, 4) is 0 Å². The molecule has 1 heterocycles. The fourth-order valence-corrected chi connectivity index (χ4v) is 2.58. The third-order valence-corrected chi connectivity index (χ3v) is 3.88. The minimum atomic E-state index is -0.277. The Balaban J connectivity index is 1.68. The van der Waals surface area contributed by atoms with E-state index < -0.39 is 0 Å². The van der Waals surface area contributed by atoms with Crippen LogP contribution < -0.4 is 5.32 Å². The molecule has 2 unspecified atom stereocenters. The second-order valence-corrected chi connectivity index (χ2v) is 5.59. The van der Waals surface area contributed by atoms with Gasteiger partial charge in [-0.25, -0.2) is 4.98 Å². The van der Waals surface area contributed by atoms with E-state index in [-0.39, 0.29) is 22.8 Å². The summed E-state index contributed by atoms with van der Waals surface area (Å²) in [6, 6.07) is 13.4. The molecule has 0 bridgehead atoms. The van der Waals surface area contributed by atoms with Gasteiger partial charge in [0.15, 0.2) is 0 Å². The Kier molecular flexibility index (Phi) is 3.64. The van der Waals surface area contributed by atoms with Gasteiger partial charge in [0.05, 0.1) is 5.02 Å². The number of pyridine rings is 1. The monoisotopic (exact) mass is 306 g/mol. The first-order valence-electron chi connectivity index (χ1n) is 6.33. The quantitative estimate of drug-likeness (QED) is 0.879. The lowest BCUT2D eigenvalue weighted by Gasteiger charge is -2.06. The van der Waals surface area contributed by atoms with Crippen LogP contribution in [0.5, 0.6) is 0 Å². The Morgan fingerprint density at radius 1 is 1.15 bits per heavy atom. The molecule has 102 valence electrons. The number of hydrogen-bond acceptors (Lipinski definition) is 2. The third kappa shape index (κ3) is 2.79. The molecule has 1 aliphatic carbocycles. The third-order valence-electron chi connectivity index (χ3n) is 3.36. The Morgan fingerprint density at radius 2 is 1.90 bits per heavy atom. The van der Waals surface area contributed by atoms with Crippen LogP contribution in [0.1, 0.15) is 28.4 Å². The van der Waals surface area contributed by atoms with Gasteiger partial charge in [0, 0.05) is 12.0 Å². The average molecular weight is 307 g/mol. The summed E-state index contributed by atoms with van der Waals surface area (Å²) in [5.74, 6) is 0.0963. The molecule has 5 heteroatoms. The van der Waals surface area contributed by atoms with E-state index in [1.54, 1.807) is 12.1 Å². The highest BCUT2D eigenvalue weighted by atomic mass is 35.5. The van der Waals surface area contributed by atoms with Crippen LogP contribution in [0.15, 0.2) is 42.5 Å². The number of halogens is 2. The highest BCUT2D eigenvalue weighted by Crippen LogP contribution is 2.40. The molecule has 1 N–H and O–H groups in total. The van der Waals surface area contributed by atoms with Crippen LogP contribution in [0.4, 0.5) is 0 Å². The fourth-order valence-electron chi connectivity index (χ4n) is 2.24. The standard InChI is InChI=1S/C15H12Cl2N2O/c16-11-6-7-13(17)19-14(11)15(20)18-12-8-10(12)9-4-2-1-3-5-9/h1-7,10,12H,8H2,(H,18,20). The van der Waals surface area contributed by atoms with E-state index in [9.17, 15) is 4.79 Å². The highest BCUT2D eigenvalue weighted by Gasteiger charge is 2.39. The number of carbonyl (C=O) groups is 1. The summed E-state index contributed by atoms with van der Waals surface area (Å²) >= 11 is 11.8. The van der Waals surface area contributed by atoms with Gasteiger partial charge in [0.2, 0.25) is 0 Å². The van der Waals surface area contributed by atoms with E-state index in [2.05, 4.69) is 22.4 Å². The number of amides is 1. The average Bonchev–Trinajstić information content (AvgIpc) is 3.21. The molecular formula is C15H12Cl2N2O. The number of carbonyl (C=O) groups excluding carboxylic acids is 1. The smallest absolute Gasteiger partial charge is 0.271 e. The topological polar surface area (TPSA) is 42.0 Å². The van der Waals surface area contributed by atoms with Gasteiger partial charge >= 0.3 is 0 Å². The lowest BCUT2D eigenvalue weighted by molar-refractivity contribution is 0.0945. The van der Waals surface area contributed by atoms with Gasteiger partial charge in [0.25, 0.3) is 5.91 Å². The number of nitrogens with one attached hydrogen (secondary N) is 1. The summed E-state index contributed by atoms with van der Waals surface area (Å²) in [6.45, 7) is 0.